The summed E-state index contributed by atoms with van der Waals surface area (Å²) in [5.74, 6) is 0.805. The highest BCUT2D eigenvalue weighted by molar-refractivity contribution is 5.70. The van der Waals surface area contributed by atoms with Gasteiger partial charge in [0.25, 0.3) is 0 Å². The van der Waals surface area contributed by atoms with Gasteiger partial charge in [0.15, 0.2) is 0 Å². The lowest BCUT2D eigenvalue weighted by molar-refractivity contribution is 0.413. The molecule has 0 aliphatic carbocycles. The molecule has 2 nitrogen and oxygen atoms in total. The van der Waals surface area contributed by atoms with Crippen LogP contribution in [0.1, 0.15) is 25.0 Å². The topological polar surface area (TPSA) is 33.0 Å². The Bertz CT molecular complexity index is 399. The number of allylic oxidation sites excluding steroid dienone is 2. The third-order valence-corrected chi connectivity index (χ3v) is 2.19. The minimum absolute atomic E-state index is 0.655. The summed E-state index contributed by atoms with van der Waals surface area (Å²) in [7, 11) is 1.63. The molecule has 0 saturated heterocycles. The van der Waals surface area contributed by atoms with Gasteiger partial charge >= 0.3 is 0 Å². The fraction of sp³-hybridized carbons (Fsp3) is 0.250. The van der Waals surface area contributed by atoms with Gasteiger partial charge in [-0.2, -0.15) is 5.26 Å². The summed E-state index contributed by atoms with van der Waals surface area (Å²) in [4.78, 5) is 0. The molecular formula is C12H13NO. The number of nitrogens with zero attached hydrogens (tertiary/aromatic N) is 1. The van der Waals surface area contributed by atoms with Crippen LogP contribution in [0.2, 0.25) is 0 Å². The van der Waals surface area contributed by atoms with Crippen molar-refractivity contribution in [2.75, 3.05) is 7.11 Å². The minimum atomic E-state index is 0.655. The van der Waals surface area contributed by atoms with Crippen LogP contribution in [-0.4, -0.2) is 7.11 Å². The minimum Gasteiger partial charge on any atom is -0.496 e. The van der Waals surface area contributed by atoms with Crippen molar-refractivity contribution in [3.8, 4) is 11.8 Å². The maximum Gasteiger partial charge on any atom is 0.126 e. The fourth-order valence-electron chi connectivity index (χ4n) is 1.24. The van der Waals surface area contributed by atoms with E-state index in [4.69, 9.17) is 10.00 Å². The third kappa shape index (κ3) is 1.94. The molecule has 0 aromatic heterocycles. The van der Waals surface area contributed by atoms with E-state index in [9.17, 15) is 0 Å². The Morgan fingerprint density at radius 1 is 1.50 bits per heavy atom. The van der Waals surface area contributed by atoms with Gasteiger partial charge in [-0.15, -0.1) is 0 Å². The van der Waals surface area contributed by atoms with E-state index in [0.29, 0.717) is 5.56 Å². The van der Waals surface area contributed by atoms with Crippen LogP contribution < -0.4 is 4.74 Å². The van der Waals surface area contributed by atoms with Crippen LogP contribution in [0.4, 0.5) is 0 Å². The van der Waals surface area contributed by atoms with Crippen molar-refractivity contribution in [1.82, 2.24) is 0 Å². The lowest BCUT2D eigenvalue weighted by Crippen LogP contribution is -1.90. The first-order valence-corrected chi connectivity index (χ1v) is 4.44. The zero-order valence-electron chi connectivity index (χ0n) is 8.66. The fourth-order valence-corrected chi connectivity index (χ4v) is 1.24. The number of hydrogen-bond acceptors (Lipinski definition) is 2. The molecule has 0 N–H and O–H groups in total. The first-order valence-electron chi connectivity index (χ1n) is 4.44. The van der Waals surface area contributed by atoms with Gasteiger partial charge < -0.3 is 4.74 Å². The molecule has 1 aromatic rings. The molecule has 72 valence electrons. The van der Waals surface area contributed by atoms with Crippen LogP contribution in [-0.2, 0) is 0 Å². The highest BCUT2D eigenvalue weighted by Gasteiger charge is 2.05. The Balaban J connectivity index is 3.30. The number of nitriles is 1. The highest BCUT2D eigenvalue weighted by Crippen LogP contribution is 2.26. The second kappa shape index (κ2) is 4.48. The lowest BCUT2D eigenvalue weighted by atomic mass is 10.0. The van der Waals surface area contributed by atoms with Crippen molar-refractivity contribution in [1.29, 1.82) is 5.26 Å². The van der Waals surface area contributed by atoms with Gasteiger partial charge in [0.1, 0.15) is 5.75 Å². The lowest BCUT2D eigenvalue weighted by Gasteiger charge is -2.08. The SMILES string of the molecule is C/C=C(\C)c1cc(C#N)ccc1OC. The third-order valence-electron chi connectivity index (χ3n) is 2.19. The molecule has 0 aliphatic heterocycles. The monoisotopic (exact) mass is 187 g/mol. The van der Waals surface area contributed by atoms with E-state index >= 15 is 0 Å². The summed E-state index contributed by atoms with van der Waals surface area (Å²) in [5, 5.41) is 8.77. The van der Waals surface area contributed by atoms with E-state index in [1.54, 1.807) is 13.2 Å². The number of ether oxygens (including phenoxy) is 1. The molecule has 0 aliphatic rings. The van der Waals surface area contributed by atoms with Crippen molar-refractivity contribution in [2.24, 2.45) is 0 Å². The largest absolute Gasteiger partial charge is 0.496 e. The number of methoxy groups -OCH3 is 1. The predicted molar refractivity (Wildman–Crippen MR) is 57.0 cm³/mol. The average molecular weight is 187 g/mol. The van der Waals surface area contributed by atoms with Gasteiger partial charge in [-0.25, -0.2) is 0 Å². The standard InChI is InChI=1S/C12H13NO/c1-4-9(2)11-7-10(8-13)5-6-12(11)14-3/h4-7H,1-3H3/b9-4+. The van der Waals surface area contributed by atoms with Crippen LogP contribution in [0.3, 0.4) is 0 Å². The van der Waals surface area contributed by atoms with Crippen molar-refractivity contribution >= 4 is 5.57 Å². The molecule has 0 heterocycles. The molecule has 1 aromatic carbocycles. The van der Waals surface area contributed by atoms with E-state index < -0.39 is 0 Å². The Morgan fingerprint density at radius 2 is 2.21 bits per heavy atom. The van der Waals surface area contributed by atoms with E-state index in [-0.39, 0.29) is 0 Å². The van der Waals surface area contributed by atoms with Crippen molar-refractivity contribution in [2.45, 2.75) is 13.8 Å². The van der Waals surface area contributed by atoms with E-state index in [2.05, 4.69) is 6.07 Å². The van der Waals surface area contributed by atoms with Crippen molar-refractivity contribution in [3.63, 3.8) is 0 Å². The van der Waals surface area contributed by atoms with Crippen LogP contribution in [0, 0.1) is 11.3 Å². The predicted octanol–water partition coefficient (Wildman–Crippen LogP) is 2.99. The summed E-state index contributed by atoms with van der Waals surface area (Å²) < 4.78 is 5.22. The first kappa shape index (κ1) is 10.3. The summed E-state index contributed by atoms with van der Waals surface area (Å²) in [6, 6.07) is 7.53. The molecule has 0 atom stereocenters. The molecule has 0 spiro atoms. The van der Waals surface area contributed by atoms with Gasteiger partial charge in [0.2, 0.25) is 0 Å². The Hall–Kier alpha value is -1.75. The smallest absolute Gasteiger partial charge is 0.126 e. The Labute approximate surface area is 84.4 Å². The molecule has 2 heteroatoms. The zero-order chi connectivity index (χ0) is 10.6. The van der Waals surface area contributed by atoms with Gasteiger partial charge in [-0.3, -0.25) is 0 Å². The summed E-state index contributed by atoms with van der Waals surface area (Å²) >= 11 is 0. The van der Waals surface area contributed by atoms with Gasteiger partial charge in [-0.05, 0) is 37.6 Å². The summed E-state index contributed by atoms with van der Waals surface area (Å²) in [5.41, 5.74) is 2.75. The molecule has 14 heavy (non-hydrogen) atoms. The van der Waals surface area contributed by atoms with E-state index in [1.807, 2.05) is 32.1 Å². The maximum absolute atomic E-state index is 8.77. The number of hydrogen-bond donors (Lipinski definition) is 0. The molecule has 0 unspecified atom stereocenters. The van der Waals surface area contributed by atoms with Crippen LogP contribution in [0.15, 0.2) is 24.3 Å². The highest BCUT2D eigenvalue weighted by atomic mass is 16.5. The number of benzene rings is 1. The van der Waals surface area contributed by atoms with Crippen LogP contribution >= 0.6 is 0 Å². The zero-order valence-corrected chi connectivity index (χ0v) is 8.66. The summed E-state index contributed by atoms with van der Waals surface area (Å²) in [6.07, 6.45) is 2.00. The molecule has 1 rings (SSSR count). The van der Waals surface area contributed by atoms with Crippen LogP contribution in [0.5, 0.6) is 5.75 Å². The van der Waals surface area contributed by atoms with Crippen LogP contribution in [0.25, 0.3) is 5.57 Å². The second-order valence-corrected chi connectivity index (χ2v) is 3.00. The van der Waals surface area contributed by atoms with Gasteiger partial charge in [-0.1, -0.05) is 6.08 Å². The Kier molecular flexibility index (Phi) is 3.30. The van der Waals surface area contributed by atoms with Crippen molar-refractivity contribution in [3.05, 3.63) is 35.4 Å². The second-order valence-electron chi connectivity index (χ2n) is 3.00. The Morgan fingerprint density at radius 3 is 2.71 bits per heavy atom. The molecule has 0 amide bonds. The molecule has 0 saturated carbocycles. The molecule has 0 fully saturated rings. The van der Waals surface area contributed by atoms with E-state index in [0.717, 1.165) is 16.9 Å². The quantitative estimate of drug-likeness (QED) is 0.713. The number of rotatable bonds is 2. The average Bonchev–Trinajstić information content (AvgIpc) is 2.27. The molecule has 0 radical (unpaired) electrons. The van der Waals surface area contributed by atoms with Gasteiger partial charge in [0, 0.05) is 5.56 Å². The van der Waals surface area contributed by atoms with Gasteiger partial charge in [0.05, 0.1) is 18.7 Å². The maximum atomic E-state index is 8.77. The van der Waals surface area contributed by atoms with Crippen molar-refractivity contribution < 1.29 is 4.74 Å². The first-order chi connectivity index (χ1) is 6.72. The normalized spacial score (nSPS) is 10.9. The summed E-state index contributed by atoms with van der Waals surface area (Å²) in [6.45, 7) is 3.97. The van der Waals surface area contributed by atoms with E-state index in [1.165, 1.54) is 0 Å². The molecular weight excluding hydrogens is 174 g/mol. The molecule has 0 bridgehead atoms.